The van der Waals surface area contributed by atoms with E-state index < -0.39 is 0 Å². The van der Waals surface area contributed by atoms with Gasteiger partial charge >= 0.3 is 0 Å². The van der Waals surface area contributed by atoms with Gasteiger partial charge in [0, 0.05) is 5.39 Å². The second-order valence-electron chi connectivity index (χ2n) is 7.04. The van der Waals surface area contributed by atoms with E-state index in [0.717, 1.165) is 41.9 Å². The van der Waals surface area contributed by atoms with Gasteiger partial charge in [-0.05, 0) is 79.5 Å². The van der Waals surface area contributed by atoms with Gasteiger partial charge in [-0.25, -0.2) is 4.39 Å². The van der Waals surface area contributed by atoms with E-state index in [9.17, 15) is 0 Å². The van der Waals surface area contributed by atoms with E-state index in [-0.39, 0.29) is 5.82 Å². The second kappa shape index (κ2) is 8.33. The summed E-state index contributed by atoms with van der Waals surface area (Å²) in [6.07, 6.45) is 10.6. The van der Waals surface area contributed by atoms with Gasteiger partial charge in [0.15, 0.2) is 0 Å². The average Bonchev–Trinajstić information content (AvgIpc) is 2.65. The third-order valence-corrected chi connectivity index (χ3v) is 5.39. The lowest BCUT2D eigenvalue weighted by Gasteiger charge is -2.29. The van der Waals surface area contributed by atoms with E-state index >= 15 is 4.39 Å². The van der Waals surface area contributed by atoms with Gasteiger partial charge in [-0.1, -0.05) is 30.9 Å². The molecule has 0 aliphatic heterocycles. The van der Waals surface area contributed by atoms with E-state index in [0.29, 0.717) is 17.9 Å². The molecule has 0 radical (unpaired) electrons. The van der Waals surface area contributed by atoms with Gasteiger partial charge in [-0.3, -0.25) is 0 Å². The zero-order valence-electron chi connectivity index (χ0n) is 14.8. The standard InChI is InChI=1S/C23H27FO/c1-3-5-6-17-7-9-18(10-8-17)21-13-11-19-16-20(25-15-4-2)12-14-22(19)23(21)24/h3-4,11-14,16-18H,1-2,5-10,15H2. The lowest BCUT2D eigenvalue weighted by Crippen LogP contribution is -2.14. The summed E-state index contributed by atoms with van der Waals surface area (Å²) in [7, 11) is 0. The Kier molecular flexibility index (Phi) is 5.91. The van der Waals surface area contributed by atoms with Crippen molar-refractivity contribution < 1.29 is 9.13 Å². The molecule has 0 heterocycles. The Morgan fingerprint density at radius 3 is 2.56 bits per heavy atom. The quantitative estimate of drug-likeness (QED) is 0.505. The number of halogens is 1. The van der Waals surface area contributed by atoms with Crippen LogP contribution in [0.25, 0.3) is 10.8 Å². The van der Waals surface area contributed by atoms with Crippen molar-refractivity contribution >= 4 is 10.8 Å². The maximum absolute atomic E-state index is 15.1. The molecule has 2 heteroatoms. The van der Waals surface area contributed by atoms with Gasteiger partial charge in [0.05, 0.1) is 0 Å². The molecular weight excluding hydrogens is 311 g/mol. The Bertz CT molecular complexity index is 741. The van der Waals surface area contributed by atoms with Gasteiger partial charge in [-0.15, -0.1) is 6.58 Å². The Hall–Kier alpha value is -2.09. The third-order valence-electron chi connectivity index (χ3n) is 5.39. The molecule has 1 aliphatic carbocycles. The highest BCUT2D eigenvalue weighted by molar-refractivity contribution is 5.85. The van der Waals surface area contributed by atoms with Crippen LogP contribution in [-0.4, -0.2) is 6.61 Å². The van der Waals surface area contributed by atoms with Gasteiger partial charge in [0.1, 0.15) is 18.2 Å². The van der Waals surface area contributed by atoms with Crippen LogP contribution in [0.4, 0.5) is 4.39 Å². The Labute approximate surface area is 150 Å². The summed E-state index contributed by atoms with van der Waals surface area (Å²) in [4.78, 5) is 0. The lowest BCUT2D eigenvalue weighted by molar-refractivity contribution is 0.308. The summed E-state index contributed by atoms with van der Waals surface area (Å²) >= 11 is 0. The highest BCUT2D eigenvalue weighted by atomic mass is 19.1. The van der Waals surface area contributed by atoms with Crippen molar-refractivity contribution in [3.63, 3.8) is 0 Å². The molecule has 1 nitrogen and oxygen atoms in total. The minimum atomic E-state index is -0.0534. The maximum Gasteiger partial charge on any atom is 0.134 e. The zero-order valence-corrected chi connectivity index (χ0v) is 14.8. The van der Waals surface area contributed by atoms with Crippen LogP contribution in [0.15, 0.2) is 55.6 Å². The molecule has 0 aromatic heterocycles. The van der Waals surface area contributed by atoms with Crippen molar-refractivity contribution in [1.29, 1.82) is 0 Å². The molecule has 1 aliphatic rings. The smallest absolute Gasteiger partial charge is 0.134 e. The topological polar surface area (TPSA) is 9.23 Å². The number of allylic oxidation sites excluding steroid dienone is 1. The SMILES string of the molecule is C=CCCC1CCC(c2ccc3cc(OCC=C)ccc3c2F)CC1. The first kappa shape index (κ1) is 17.7. The fraction of sp³-hybridized carbons (Fsp3) is 0.391. The molecule has 0 atom stereocenters. The van der Waals surface area contributed by atoms with E-state index in [1.54, 1.807) is 6.08 Å². The van der Waals surface area contributed by atoms with Crippen LogP contribution in [-0.2, 0) is 0 Å². The number of rotatable bonds is 7. The summed E-state index contributed by atoms with van der Waals surface area (Å²) in [5.74, 6) is 1.83. The fourth-order valence-corrected chi connectivity index (χ4v) is 3.96. The van der Waals surface area contributed by atoms with Gasteiger partial charge in [0.2, 0.25) is 0 Å². The average molecular weight is 338 g/mol. The van der Waals surface area contributed by atoms with E-state index in [1.807, 2.05) is 36.4 Å². The molecule has 0 saturated heterocycles. The van der Waals surface area contributed by atoms with Crippen molar-refractivity contribution in [2.45, 2.75) is 44.4 Å². The van der Waals surface area contributed by atoms with E-state index in [2.05, 4.69) is 13.2 Å². The second-order valence-corrected chi connectivity index (χ2v) is 7.04. The molecule has 1 fully saturated rings. The van der Waals surface area contributed by atoms with Crippen LogP contribution in [0, 0.1) is 11.7 Å². The maximum atomic E-state index is 15.1. The van der Waals surface area contributed by atoms with Gasteiger partial charge in [0.25, 0.3) is 0 Å². The van der Waals surface area contributed by atoms with Crippen LogP contribution in [0.2, 0.25) is 0 Å². The van der Waals surface area contributed by atoms with Crippen molar-refractivity contribution in [2.75, 3.05) is 6.61 Å². The molecule has 0 unspecified atom stereocenters. The Balaban J connectivity index is 1.75. The number of fused-ring (bicyclic) bond motifs is 1. The highest BCUT2D eigenvalue weighted by Crippen LogP contribution is 2.40. The highest BCUT2D eigenvalue weighted by Gasteiger charge is 2.24. The molecule has 0 N–H and O–H groups in total. The summed E-state index contributed by atoms with van der Waals surface area (Å²) < 4.78 is 20.6. The molecule has 2 aromatic rings. The summed E-state index contributed by atoms with van der Waals surface area (Å²) in [5.41, 5.74) is 0.884. The predicted molar refractivity (Wildman–Crippen MR) is 104 cm³/mol. The van der Waals surface area contributed by atoms with Crippen molar-refractivity contribution in [1.82, 2.24) is 0 Å². The van der Waals surface area contributed by atoms with E-state index in [4.69, 9.17) is 4.74 Å². The molecule has 0 amide bonds. The largest absolute Gasteiger partial charge is 0.490 e. The number of hydrogen-bond donors (Lipinski definition) is 0. The van der Waals surface area contributed by atoms with Crippen LogP contribution < -0.4 is 4.74 Å². The third kappa shape index (κ3) is 4.12. The minimum Gasteiger partial charge on any atom is -0.490 e. The Morgan fingerprint density at radius 2 is 1.84 bits per heavy atom. The zero-order chi connectivity index (χ0) is 17.6. The minimum absolute atomic E-state index is 0.0534. The van der Waals surface area contributed by atoms with Gasteiger partial charge in [-0.2, -0.15) is 0 Å². The fourth-order valence-electron chi connectivity index (χ4n) is 3.96. The first-order valence-electron chi connectivity index (χ1n) is 9.29. The number of hydrogen-bond acceptors (Lipinski definition) is 1. The molecule has 2 aromatic carbocycles. The first-order valence-corrected chi connectivity index (χ1v) is 9.29. The summed E-state index contributed by atoms with van der Waals surface area (Å²) in [5, 5.41) is 1.58. The van der Waals surface area contributed by atoms with Crippen molar-refractivity contribution in [2.24, 2.45) is 5.92 Å². The predicted octanol–water partition coefficient (Wildman–Crippen LogP) is 6.78. The molecule has 0 bridgehead atoms. The molecule has 132 valence electrons. The molecule has 3 rings (SSSR count). The van der Waals surface area contributed by atoms with E-state index in [1.165, 1.54) is 19.3 Å². The van der Waals surface area contributed by atoms with Crippen molar-refractivity contribution in [3.8, 4) is 5.75 Å². The lowest BCUT2D eigenvalue weighted by atomic mass is 9.77. The van der Waals surface area contributed by atoms with Gasteiger partial charge < -0.3 is 4.74 Å². The van der Waals surface area contributed by atoms with Crippen LogP contribution in [0.5, 0.6) is 5.75 Å². The molecule has 0 spiro atoms. The first-order chi connectivity index (χ1) is 12.2. The molecule has 25 heavy (non-hydrogen) atoms. The van der Waals surface area contributed by atoms with Crippen molar-refractivity contribution in [3.05, 3.63) is 67.0 Å². The molecule has 1 saturated carbocycles. The normalized spacial score (nSPS) is 20.4. The Morgan fingerprint density at radius 1 is 1.04 bits per heavy atom. The number of ether oxygens (including phenoxy) is 1. The van der Waals surface area contributed by atoms with Crippen LogP contribution in [0.1, 0.15) is 50.0 Å². The summed E-state index contributed by atoms with van der Waals surface area (Å²) in [6, 6.07) is 9.58. The van der Waals surface area contributed by atoms with Crippen LogP contribution >= 0.6 is 0 Å². The monoisotopic (exact) mass is 338 g/mol. The number of benzene rings is 2. The summed E-state index contributed by atoms with van der Waals surface area (Å²) in [6.45, 7) is 7.91. The molecular formula is C23H27FO. The van der Waals surface area contributed by atoms with Crippen LogP contribution in [0.3, 0.4) is 0 Å².